The van der Waals surface area contributed by atoms with Crippen molar-refractivity contribution in [2.75, 3.05) is 11.1 Å². The highest BCUT2D eigenvalue weighted by molar-refractivity contribution is 8.00. The van der Waals surface area contributed by atoms with Gasteiger partial charge in [0.25, 0.3) is 5.88 Å². The fourth-order valence-electron chi connectivity index (χ4n) is 2.46. The minimum atomic E-state index is -0.0965. The van der Waals surface area contributed by atoms with Crippen LogP contribution in [0.15, 0.2) is 66.0 Å². The van der Waals surface area contributed by atoms with E-state index in [2.05, 4.69) is 22.2 Å². The molecule has 1 amide bonds. The minimum Gasteiger partial charge on any atom is -0.436 e. The van der Waals surface area contributed by atoms with Gasteiger partial charge in [-0.15, -0.1) is 0 Å². The first kappa shape index (κ1) is 18.9. The summed E-state index contributed by atoms with van der Waals surface area (Å²) >= 11 is 1.30. The Balaban J connectivity index is 1.64. The number of aromatic nitrogens is 2. The first-order chi connectivity index (χ1) is 13.2. The smallest absolute Gasteiger partial charge is 0.252 e. The molecule has 1 N–H and O–H groups in total. The van der Waals surface area contributed by atoms with Crippen molar-refractivity contribution in [2.45, 2.75) is 25.3 Å². The molecule has 5 nitrogen and oxygen atoms in total. The number of aryl methyl sites for hydroxylation is 2. The molecule has 0 bridgehead atoms. The van der Waals surface area contributed by atoms with Crippen LogP contribution >= 0.6 is 11.8 Å². The predicted molar refractivity (Wildman–Crippen MR) is 108 cm³/mol. The molecule has 0 aliphatic carbocycles. The van der Waals surface area contributed by atoms with E-state index < -0.39 is 0 Å². The Morgan fingerprint density at radius 3 is 2.74 bits per heavy atom. The Morgan fingerprint density at radius 1 is 1.11 bits per heavy atom. The number of thioether (sulfide) groups is 1. The molecule has 3 rings (SSSR count). The number of carbonyl (C=O) groups is 1. The Morgan fingerprint density at radius 2 is 1.93 bits per heavy atom. The number of para-hydroxylation sites is 1. The Bertz CT molecular complexity index is 931. The molecule has 0 unspecified atom stereocenters. The van der Waals surface area contributed by atoms with Gasteiger partial charge in [0.1, 0.15) is 5.75 Å². The lowest BCUT2D eigenvalue weighted by Gasteiger charge is -2.10. The Kier molecular flexibility index (Phi) is 6.44. The Labute approximate surface area is 163 Å². The fourth-order valence-corrected chi connectivity index (χ4v) is 3.15. The van der Waals surface area contributed by atoms with E-state index in [4.69, 9.17) is 4.74 Å². The van der Waals surface area contributed by atoms with Gasteiger partial charge in [0.05, 0.1) is 5.75 Å². The van der Waals surface area contributed by atoms with Crippen LogP contribution in [0, 0.1) is 6.92 Å². The lowest BCUT2D eigenvalue weighted by Crippen LogP contribution is -2.14. The topological polar surface area (TPSA) is 64.1 Å². The largest absolute Gasteiger partial charge is 0.436 e. The maximum Gasteiger partial charge on any atom is 0.252 e. The molecular weight excluding hydrogens is 358 g/mol. The summed E-state index contributed by atoms with van der Waals surface area (Å²) in [5.41, 5.74) is 2.99. The van der Waals surface area contributed by atoms with Crippen molar-refractivity contribution >= 4 is 23.4 Å². The highest BCUT2D eigenvalue weighted by Crippen LogP contribution is 2.30. The summed E-state index contributed by atoms with van der Waals surface area (Å²) in [5.74, 6) is 1.25. The summed E-state index contributed by atoms with van der Waals surface area (Å²) in [6, 6.07) is 15.6. The van der Waals surface area contributed by atoms with Crippen LogP contribution in [0.25, 0.3) is 0 Å². The summed E-state index contributed by atoms with van der Waals surface area (Å²) in [4.78, 5) is 20.9. The van der Waals surface area contributed by atoms with Crippen LogP contribution in [0.3, 0.4) is 0 Å². The standard InChI is InChI=1S/C21H21N3O2S/c1-3-16-8-6-9-17(13-16)24-19(25)14-27-21-20(22-11-12-23-21)26-18-10-5-4-7-15(18)2/h4-13H,3,14H2,1-2H3,(H,24,25). The number of ether oxygens (including phenoxy) is 1. The van der Waals surface area contributed by atoms with Crippen molar-refractivity contribution in [1.29, 1.82) is 0 Å². The summed E-state index contributed by atoms with van der Waals surface area (Å²) < 4.78 is 5.89. The quantitative estimate of drug-likeness (QED) is 0.593. The zero-order valence-electron chi connectivity index (χ0n) is 15.3. The molecule has 0 saturated carbocycles. The van der Waals surface area contributed by atoms with Crippen LogP contribution < -0.4 is 10.1 Å². The van der Waals surface area contributed by atoms with Gasteiger partial charge < -0.3 is 10.1 Å². The molecule has 1 heterocycles. The van der Waals surface area contributed by atoms with Gasteiger partial charge in [-0.3, -0.25) is 4.79 Å². The molecule has 0 aliphatic rings. The number of anilines is 1. The monoisotopic (exact) mass is 379 g/mol. The van der Waals surface area contributed by atoms with E-state index in [0.717, 1.165) is 23.4 Å². The summed E-state index contributed by atoms with van der Waals surface area (Å²) in [6.45, 7) is 4.05. The molecule has 2 aromatic carbocycles. The third-order valence-corrected chi connectivity index (χ3v) is 4.85. The van der Waals surface area contributed by atoms with Gasteiger partial charge in [-0.25, -0.2) is 9.97 Å². The van der Waals surface area contributed by atoms with Gasteiger partial charge in [-0.2, -0.15) is 0 Å². The minimum absolute atomic E-state index is 0.0965. The van der Waals surface area contributed by atoms with E-state index >= 15 is 0 Å². The first-order valence-electron chi connectivity index (χ1n) is 8.72. The number of carbonyl (C=O) groups excluding carboxylic acids is 1. The van der Waals surface area contributed by atoms with Crippen LogP contribution in [0.4, 0.5) is 5.69 Å². The van der Waals surface area contributed by atoms with E-state index in [1.54, 1.807) is 12.4 Å². The van der Waals surface area contributed by atoms with Gasteiger partial charge in [0.15, 0.2) is 5.03 Å². The second-order valence-electron chi connectivity index (χ2n) is 5.92. The maximum atomic E-state index is 12.3. The van der Waals surface area contributed by atoms with Gasteiger partial charge in [0.2, 0.25) is 5.91 Å². The van der Waals surface area contributed by atoms with Crippen LogP contribution in [0.1, 0.15) is 18.1 Å². The highest BCUT2D eigenvalue weighted by atomic mass is 32.2. The summed E-state index contributed by atoms with van der Waals surface area (Å²) in [5, 5.41) is 3.50. The van der Waals surface area contributed by atoms with Crippen LogP contribution in [-0.2, 0) is 11.2 Å². The molecule has 0 saturated heterocycles. The van der Waals surface area contributed by atoms with Crippen LogP contribution in [0.2, 0.25) is 0 Å². The lowest BCUT2D eigenvalue weighted by molar-refractivity contribution is -0.113. The fraction of sp³-hybridized carbons (Fsp3) is 0.190. The number of nitrogens with one attached hydrogen (secondary N) is 1. The number of benzene rings is 2. The van der Waals surface area contributed by atoms with Crippen molar-refractivity contribution in [3.05, 3.63) is 72.1 Å². The average molecular weight is 379 g/mol. The van der Waals surface area contributed by atoms with Gasteiger partial charge in [0, 0.05) is 18.1 Å². The van der Waals surface area contributed by atoms with E-state index in [-0.39, 0.29) is 11.7 Å². The summed E-state index contributed by atoms with van der Waals surface area (Å²) in [6.07, 6.45) is 4.10. The van der Waals surface area contributed by atoms with Crippen molar-refractivity contribution in [3.8, 4) is 11.6 Å². The van der Waals surface area contributed by atoms with E-state index in [9.17, 15) is 4.79 Å². The van der Waals surface area contributed by atoms with Crippen molar-refractivity contribution < 1.29 is 9.53 Å². The molecule has 0 radical (unpaired) electrons. The number of rotatable bonds is 7. The van der Waals surface area contributed by atoms with Crippen LogP contribution in [-0.4, -0.2) is 21.6 Å². The highest BCUT2D eigenvalue weighted by Gasteiger charge is 2.12. The maximum absolute atomic E-state index is 12.3. The Hall–Kier alpha value is -2.86. The average Bonchev–Trinajstić information content (AvgIpc) is 2.69. The number of hydrogen-bond donors (Lipinski definition) is 1. The number of nitrogens with zero attached hydrogens (tertiary/aromatic N) is 2. The van der Waals surface area contributed by atoms with Crippen molar-refractivity contribution in [2.24, 2.45) is 0 Å². The molecule has 27 heavy (non-hydrogen) atoms. The van der Waals surface area contributed by atoms with Crippen LogP contribution in [0.5, 0.6) is 11.6 Å². The molecular formula is C21H21N3O2S. The lowest BCUT2D eigenvalue weighted by atomic mass is 10.1. The third kappa shape index (κ3) is 5.31. The number of hydrogen-bond acceptors (Lipinski definition) is 5. The normalized spacial score (nSPS) is 10.4. The number of amides is 1. The van der Waals surface area contributed by atoms with E-state index in [1.165, 1.54) is 17.3 Å². The molecule has 6 heteroatoms. The second-order valence-corrected chi connectivity index (χ2v) is 6.89. The predicted octanol–water partition coefficient (Wildman–Crippen LogP) is 4.87. The molecule has 138 valence electrons. The molecule has 3 aromatic rings. The van der Waals surface area contributed by atoms with Crippen molar-refractivity contribution in [3.63, 3.8) is 0 Å². The zero-order chi connectivity index (χ0) is 19.1. The van der Waals surface area contributed by atoms with Crippen molar-refractivity contribution in [1.82, 2.24) is 9.97 Å². The third-order valence-electron chi connectivity index (χ3n) is 3.89. The van der Waals surface area contributed by atoms with Gasteiger partial charge in [-0.05, 0) is 42.7 Å². The molecule has 0 fully saturated rings. The zero-order valence-corrected chi connectivity index (χ0v) is 16.1. The molecule has 0 spiro atoms. The van der Waals surface area contributed by atoms with E-state index in [1.807, 2.05) is 55.5 Å². The molecule has 0 aliphatic heterocycles. The molecule has 0 atom stereocenters. The summed E-state index contributed by atoms with van der Waals surface area (Å²) in [7, 11) is 0. The van der Waals surface area contributed by atoms with Gasteiger partial charge >= 0.3 is 0 Å². The first-order valence-corrected chi connectivity index (χ1v) is 9.70. The SMILES string of the molecule is CCc1cccc(NC(=O)CSc2nccnc2Oc2ccccc2C)c1. The van der Waals surface area contributed by atoms with E-state index in [0.29, 0.717) is 10.9 Å². The van der Waals surface area contributed by atoms with Gasteiger partial charge in [-0.1, -0.05) is 49.0 Å². The molecule has 1 aromatic heterocycles. The second kappa shape index (κ2) is 9.19.